The summed E-state index contributed by atoms with van der Waals surface area (Å²) in [6, 6.07) is 9.37. The summed E-state index contributed by atoms with van der Waals surface area (Å²) < 4.78 is 6.77. The van der Waals surface area contributed by atoms with E-state index in [2.05, 4.69) is 20.9 Å². The zero-order valence-corrected chi connectivity index (χ0v) is 12.5. The van der Waals surface area contributed by atoms with Gasteiger partial charge in [0.15, 0.2) is 0 Å². The quantitative estimate of drug-likeness (QED) is 0.773. The minimum atomic E-state index is -0.323. The smallest absolute Gasteiger partial charge is 0.321 e. The maximum atomic E-state index is 11.7. The highest BCUT2D eigenvalue weighted by molar-refractivity contribution is 5.87. The Balaban J connectivity index is 1.57. The van der Waals surface area contributed by atoms with Crippen molar-refractivity contribution >= 4 is 22.8 Å². The number of nitrogens with zero attached hydrogens (tertiary/aromatic N) is 3. The third-order valence-corrected chi connectivity index (χ3v) is 3.35. The normalized spacial score (nSPS) is 10.8. The van der Waals surface area contributed by atoms with Crippen LogP contribution in [0.5, 0.6) is 0 Å². The van der Waals surface area contributed by atoms with Crippen LogP contribution in [-0.4, -0.2) is 27.5 Å². The monoisotopic (exact) mass is 299 g/mol. The standard InChI is InChI=1S/C15H17N5O2/c1-10-9-14(22-19-10)17-15(21)16-8-7-12-11-5-3-4-6-13(11)20(2)18-12/h3-6,9H,7-8H2,1-2H3,(H2,16,17,21). The van der Waals surface area contributed by atoms with Gasteiger partial charge in [-0.2, -0.15) is 5.10 Å². The number of benzene rings is 1. The average molecular weight is 299 g/mol. The van der Waals surface area contributed by atoms with Gasteiger partial charge in [-0.25, -0.2) is 4.79 Å². The molecule has 1 aromatic carbocycles. The Morgan fingerprint density at radius 3 is 2.95 bits per heavy atom. The number of para-hydroxylation sites is 1. The Labute approximate surface area is 127 Å². The van der Waals surface area contributed by atoms with Gasteiger partial charge in [0.25, 0.3) is 0 Å². The maximum absolute atomic E-state index is 11.7. The molecule has 7 heteroatoms. The molecule has 0 aliphatic heterocycles. The molecule has 0 bridgehead atoms. The fraction of sp³-hybridized carbons (Fsp3) is 0.267. The van der Waals surface area contributed by atoms with Gasteiger partial charge in [0.1, 0.15) is 0 Å². The van der Waals surface area contributed by atoms with Gasteiger partial charge in [-0.3, -0.25) is 10.00 Å². The van der Waals surface area contributed by atoms with Crippen molar-refractivity contribution in [2.75, 3.05) is 11.9 Å². The number of fused-ring (bicyclic) bond motifs is 1. The number of urea groups is 1. The lowest BCUT2D eigenvalue weighted by Gasteiger charge is -2.03. The predicted octanol–water partition coefficient (Wildman–Crippen LogP) is 2.23. The van der Waals surface area contributed by atoms with Gasteiger partial charge in [-0.1, -0.05) is 23.4 Å². The summed E-state index contributed by atoms with van der Waals surface area (Å²) in [5, 5.41) is 14.7. The van der Waals surface area contributed by atoms with Crippen LogP contribution in [0.15, 0.2) is 34.9 Å². The highest BCUT2D eigenvalue weighted by atomic mass is 16.5. The molecular formula is C15H17N5O2. The van der Waals surface area contributed by atoms with Crippen LogP contribution < -0.4 is 10.6 Å². The minimum absolute atomic E-state index is 0.323. The molecule has 0 atom stereocenters. The summed E-state index contributed by atoms with van der Waals surface area (Å²) in [5.41, 5.74) is 2.77. The van der Waals surface area contributed by atoms with Crippen molar-refractivity contribution in [3.8, 4) is 0 Å². The molecule has 0 aliphatic carbocycles. The van der Waals surface area contributed by atoms with Crippen LogP contribution in [0.2, 0.25) is 0 Å². The Morgan fingerprint density at radius 1 is 1.36 bits per heavy atom. The lowest BCUT2D eigenvalue weighted by molar-refractivity contribution is 0.251. The summed E-state index contributed by atoms with van der Waals surface area (Å²) in [5.74, 6) is 0.332. The molecule has 114 valence electrons. The van der Waals surface area contributed by atoms with E-state index < -0.39 is 0 Å². The number of hydrogen-bond donors (Lipinski definition) is 2. The van der Waals surface area contributed by atoms with E-state index in [1.165, 1.54) is 0 Å². The van der Waals surface area contributed by atoms with Crippen molar-refractivity contribution in [3.05, 3.63) is 41.7 Å². The highest BCUT2D eigenvalue weighted by Gasteiger charge is 2.09. The van der Waals surface area contributed by atoms with E-state index in [4.69, 9.17) is 4.52 Å². The summed E-state index contributed by atoms with van der Waals surface area (Å²) in [6.45, 7) is 2.28. The fourth-order valence-corrected chi connectivity index (χ4v) is 2.35. The number of aryl methyl sites for hydroxylation is 2. The molecule has 7 nitrogen and oxygen atoms in total. The zero-order valence-electron chi connectivity index (χ0n) is 12.5. The summed E-state index contributed by atoms with van der Waals surface area (Å²) in [6.07, 6.45) is 0.657. The van der Waals surface area contributed by atoms with E-state index in [1.807, 2.05) is 36.0 Å². The number of amides is 2. The molecule has 0 saturated heterocycles. The first kappa shape index (κ1) is 14.1. The fourth-order valence-electron chi connectivity index (χ4n) is 2.35. The van der Waals surface area contributed by atoms with Gasteiger partial charge in [-0.15, -0.1) is 0 Å². The molecule has 2 amide bonds. The molecule has 2 N–H and O–H groups in total. The first-order valence-electron chi connectivity index (χ1n) is 7.02. The van der Waals surface area contributed by atoms with E-state index in [1.54, 1.807) is 13.0 Å². The molecule has 0 unspecified atom stereocenters. The van der Waals surface area contributed by atoms with Gasteiger partial charge >= 0.3 is 6.03 Å². The van der Waals surface area contributed by atoms with Crippen LogP contribution in [0.4, 0.5) is 10.7 Å². The van der Waals surface area contributed by atoms with Crippen molar-refractivity contribution < 1.29 is 9.32 Å². The third-order valence-electron chi connectivity index (χ3n) is 3.35. The molecule has 0 saturated carbocycles. The molecule has 2 heterocycles. The van der Waals surface area contributed by atoms with Crippen LogP contribution in [0.25, 0.3) is 10.9 Å². The van der Waals surface area contributed by atoms with Gasteiger partial charge in [0.05, 0.1) is 16.9 Å². The van der Waals surface area contributed by atoms with Crippen LogP contribution in [0.3, 0.4) is 0 Å². The summed E-state index contributed by atoms with van der Waals surface area (Å²) in [4.78, 5) is 11.7. The minimum Gasteiger partial charge on any atom is -0.338 e. The van der Waals surface area contributed by atoms with Gasteiger partial charge < -0.3 is 9.84 Å². The second-order valence-electron chi connectivity index (χ2n) is 5.05. The number of carbonyl (C=O) groups excluding carboxylic acids is 1. The summed E-state index contributed by atoms with van der Waals surface area (Å²) >= 11 is 0. The molecule has 2 aromatic heterocycles. The Hall–Kier alpha value is -2.83. The van der Waals surface area contributed by atoms with E-state index in [0.29, 0.717) is 18.8 Å². The average Bonchev–Trinajstić information content (AvgIpc) is 3.04. The molecule has 0 fully saturated rings. The SMILES string of the molecule is Cc1cc(NC(=O)NCCc2nn(C)c3ccccc23)on1. The highest BCUT2D eigenvalue weighted by Crippen LogP contribution is 2.17. The van der Waals surface area contributed by atoms with Gasteiger partial charge in [0.2, 0.25) is 5.88 Å². The number of nitrogens with one attached hydrogen (secondary N) is 2. The van der Waals surface area contributed by atoms with Gasteiger partial charge in [-0.05, 0) is 13.0 Å². The van der Waals surface area contributed by atoms with Crippen molar-refractivity contribution in [3.63, 3.8) is 0 Å². The molecule has 22 heavy (non-hydrogen) atoms. The van der Waals surface area contributed by atoms with Crippen LogP contribution in [-0.2, 0) is 13.5 Å². The second-order valence-corrected chi connectivity index (χ2v) is 5.05. The number of anilines is 1. The Bertz CT molecular complexity index is 805. The Morgan fingerprint density at radius 2 is 2.18 bits per heavy atom. The maximum Gasteiger partial charge on any atom is 0.321 e. The zero-order chi connectivity index (χ0) is 15.5. The number of carbonyl (C=O) groups is 1. The lowest BCUT2D eigenvalue weighted by atomic mass is 10.2. The number of aromatic nitrogens is 3. The van der Waals surface area contributed by atoms with E-state index in [0.717, 1.165) is 22.3 Å². The van der Waals surface area contributed by atoms with E-state index >= 15 is 0 Å². The van der Waals surface area contributed by atoms with Gasteiger partial charge in [0, 0.05) is 31.5 Å². The first-order chi connectivity index (χ1) is 10.6. The predicted molar refractivity (Wildman–Crippen MR) is 82.7 cm³/mol. The van der Waals surface area contributed by atoms with Crippen molar-refractivity contribution in [1.82, 2.24) is 20.3 Å². The van der Waals surface area contributed by atoms with Crippen LogP contribution >= 0.6 is 0 Å². The van der Waals surface area contributed by atoms with Crippen molar-refractivity contribution in [1.29, 1.82) is 0 Å². The van der Waals surface area contributed by atoms with Crippen molar-refractivity contribution in [2.45, 2.75) is 13.3 Å². The van der Waals surface area contributed by atoms with Crippen LogP contribution in [0, 0.1) is 6.92 Å². The van der Waals surface area contributed by atoms with Crippen LogP contribution in [0.1, 0.15) is 11.4 Å². The number of rotatable bonds is 4. The molecule has 0 radical (unpaired) electrons. The first-order valence-corrected chi connectivity index (χ1v) is 7.02. The van der Waals surface area contributed by atoms with Crippen molar-refractivity contribution in [2.24, 2.45) is 7.05 Å². The molecule has 3 aromatic rings. The Kier molecular flexibility index (Phi) is 3.78. The molecule has 3 rings (SSSR count). The second kappa shape index (κ2) is 5.88. The topological polar surface area (TPSA) is 85.0 Å². The molecular weight excluding hydrogens is 282 g/mol. The number of hydrogen-bond acceptors (Lipinski definition) is 4. The largest absolute Gasteiger partial charge is 0.338 e. The molecule has 0 spiro atoms. The lowest BCUT2D eigenvalue weighted by Crippen LogP contribution is -2.30. The third kappa shape index (κ3) is 2.93. The van der Waals surface area contributed by atoms with E-state index in [-0.39, 0.29) is 6.03 Å². The van der Waals surface area contributed by atoms with E-state index in [9.17, 15) is 4.79 Å². The molecule has 0 aliphatic rings. The summed E-state index contributed by atoms with van der Waals surface area (Å²) in [7, 11) is 1.91.